The Morgan fingerprint density at radius 3 is 2.82 bits per heavy atom. The number of aliphatic hydroxyl groups excluding tert-OH is 1. The van der Waals surface area contributed by atoms with Gasteiger partial charge in [0.15, 0.2) is 0 Å². The molecular formula is C16H15N3O3. The second kappa shape index (κ2) is 4.97. The highest BCUT2D eigenvalue weighted by Crippen LogP contribution is 2.41. The third-order valence-electron chi connectivity index (χ3n) is 3.87. The van der Waals surface area contributed by atoms with Crippen LogP contribution in [-0.4, -0.2) is 26.4 Å². The summed E-state index contributed by atoms with van der Waals surface area (Å²) >= 11 is 0. The topological polar surface area (TPSA) is 88.1 Å². The molecule has 0 spiro atoms. The molecule has 112 valence electrons. The van der Waals surface area contributed by atoms with Gasteiger partial charge in [-0.05, 0) is 32.0 Å². The van der Waals surface area contributed by atoms with Gasteiger partial charge in [0, 0.05) is 17.8 Å². The first-order valence-electron chi connectivity index (χ1n) is 6.87. The minimum absolute atomic E-state index is 0.344. The first kappa shape index (κ1) is 14.3. The molecule has 0 amide bonds. The fraction of sp³-hybridized carbons (Fsp3) is 0.312. The van der Waals surface area contributed by atoms with Crippen LogP contribution in [0.15, 0.2) is 41.6 Å². The Bertz CT molecular complexity index is 800. The Morgan fingerprint density at radius 2 is 2.18 bits per heavy atom. The molecule has 2 heterocycles. The van der Waals surface area contributed by atoms with Crippen LogP contribution in [0.3, 0.4) is 0 Å². The summed E-state index contributed by atoms with van der Waals surface area (Å²) in [4.78, 5) is 14.9. The third kappa shape index (κ3) is 2.26. The number of rotatable bonds is 1. The zero-order valence-corrected chi connectivity index (χ0v) is 12.2. The van der Waals surface area contributed by atoms with Crippen molar-refractivity contribution < 1.29 is 9.84 Å². The molecule has 1 aromatic heterocycles. The molecule has 2 aromatic rings. The largest absolute Gasteiger partial charge is 0.485 e. The van der Waals surface area contributed by atoms with Crippen molar-refractivity contribution in [1.82, 2.24) is 9.55 Å². The van der Waals surface area contributed by atoms with E-state index in [0.29, 0.717) is 16.9 Å². The average molecular weight is 297 g/mol. The van der Waals surface area contributed by atoms with E-state index >= 15 is 0 Å². The van der Waals surface area contributed by atoms with Gasteiger partial charge in [-0.3, -0.25) is 4.79 Å². The summed E-state index contributed by atoms with van der Waals surface area (Å²) in [5, 5.41) is 19.8. The molecule has 6 heteroatoms. The highest BCUT2D eigenvalue weighted by Gasteiger charge is 2.43. The molecule has 0 saturated heterocycles. The summed E-state index contributed by atoms with van der Waals surface area (Å²) in [6.07, 6.45) is 2.10. The summed E-state index contributed by atoms with van der Waals surface area (Å²) in [6, 6.07) is 8.02. The number of benzene rings is 1. The number of fused-ring (bicyclic) bond motifs is 1. The van der Waals surface area contributed by atoms with E-state index in [1.165, 1.54) is 12.4 Å². The Balaban J connectivity index is 2.21. The van der Waals surface area contributed by atoms with Gasteiger partial charge in [-0.15, -0.1) is 0 Å². The lowest BCUT2D eigenvalue weighted by atomic mass is 9.86. The lowest BCUT2D eigenvalue weighted by molar-refractivity contribution is -0.0639. The van der Waals surface area contributed by atoms with Crippen molar-refractivity contribution in [2.75, 3.05) is 0 Å². The van der Waals surface area contributed by atoms with Crippen molar-refractivity contribution in [2.24, 2.45) is 0 Å². The maximum Gasteiger partial charge on any atom is 0.272 e. The number of ether oxygens (including phenoxy) is 1. The third-order valence-corrected chi connectivity index (χ3v) is 3.87. The van der Waals surface area contributed by atoms with Crippen LogP contribution in [0.2, 0.25) is 0 Å². The van der Waals surface area contributed by atoms with Crippen LogP contribution in [0.4, 0.5) is 0 Å². The van der Waals surface area contributed by atoms with Crippen molar-refractivity contribution in [3.05, 3.63) is 58.3 Å². The van der Waals surface area contributed by atoms with Gasteiger partial charge in [0.25, 0.3) is 5.56 Å². The van der Waals surface area contributed by atoms with Crippen LogP contribution in [0.1, 0.15) is 31.0 Å². The summed E-state index contributed by atoms with van der Waals surface area (Å²) in [5.41, 5.74) is 0.0160. The molecule has 0 fully saturated rings. The predicted octanol–water partition coefficient (Wildman–Crippen LogP) is 1.24. The molecule has 2 unspecified atom stereocenters. The molecule has 3 rings (SSSR count). The quantitative estimate of drug-likeness (QED) is 0.855. The number of nitriles is 1. The minimum Gasteiger partial charge on any atom is -0.485 e. The van der Waals surface area contributed by atoms with E-state index in [1.54, 1.807) is 42.8 Å². The smallest absolute Gasteiger partial charge is 0.272 e. The van der Waals surface area contributed by atoms with Crippen molar-refractivity contribution >= 4 is 0 Å². The van der Waals surface area contributed by atoms with E-state index in [-0.39, 0.29) is 5.56 Å². The van der Waals surface area contributed by atoms with E-state index in [2.05, 4.69) is 11.1 Å². The van der Waals surface area contributed by atoms with Crippen LogP contribution in [-0.2, 0) is 0 Å². The summed E-state index contributed by atoms with van der Waals surface area (Å²) < 4.78 is 7.51. The molecule has 6 nitrogen and oxygen atoms in total. The van der Waals surface area contributed by atoms with Crippen LogP contribution in [0, 0.1) is 11.3 Å². The van der Waals surface area contributed by atoms with E-state index < -0.39 is 17.7 Å². The van der Waals surface area contributed by atoms with Crippen LogP contribution in [0.5, 0.6) is 5.75 Å². The monoisotopic (exact) mass is 297 g/mol. The molecule has 1 N–H and O–H groups in total. The van der Waals surface area contributed by atoms with Crippen LogP contribution in [0.25, 0.3) is 0 Å². The first-order chi connectivity index (χ1) is 10.4. The van der Waals surface area contributed by atoms with Gasteiger partial charge in [-0.25, -0.2) is 0 Å². The number of aromatic nitrogens is 2. The van der Waals surface area contributed by atoms with Crippen molar-refractivity contribution in [3.8, 4) is 11.8 Å². The molecule has 1 aliphatic heterocycles. The van der Waals surface area contributed by atoms with Gasteiger partial charge < -0.3 is 14.4 Å². The Labute approximate surface area is 127 Å². The number of hydrogen-bond donors (Lipinski definition) is 1. The maximum absolute atomic E-state index is 11.2. The molecular weight excluding hydrogens is 282 g/mol. The lowest BCUT2D eigenvalue weighted by Gasteiger charge is -2.42. The predicted molar refractivity (Wildman–Crippen MR) is 78.5 cm³/mol. The second-order valence-electron chi connectivity index (χ2n) is 5.81. The average Bonchev–Trinajstić information content (AvgIpc) is 2.49. The molecule has 0 aliphatic carbocycles. The van der Waals surface area contributed by atoms with Crippen LogP contribution < -0.4 is 10.3 Å². The van der Waals surface area contributed by atoms with Crippen molar-refractivity contribution in [2.45, 2.75) is 31.6 Å². The van der Waals surface area contributed by atoms with E-state index in [9.17, 15) is 9.90 Å². The standard InChI is InChI=1S/C16H15N3O3/c1-16(2)15(21)14(19-6-5-13(20)18-9-19)11-7-10(8-17)3-4-12(11)22-16/h3-7,9,14-15,21H,1-2H3. The fourth-order valence-electron chi connectivity index (χ4n) is 2.68. The summed E-state index contributed by atoms with van der Waals surface area (Å²) in [7, 11) is 0. The molecule has 2 atom stereocenters. The van der Waals surface area contributed by atoms with Crippen molar-refractivity contribution in [3.63, 3.8) is 0 Å². The van der Waals surface area contributed by atoms with Gasteiger partial charge in [-0.2, -0.15) is 10.2 Å². The number of nitrogens with zero attached hydrogens (tertiary/aromatic N) is 3. The highest BCUT2D eigenvalue weighted by molar-refractivity contribution is 5.46. The maximum atomic E-state index is 11.2. The normalized spacial score (nSPS) is 22.3. The van der Waals surface area contributed by atoms with Crippen LogP contribution >= 0.6 is 0 Å². The minimum atomic E-state index is -0.863. The van der Waals surface area contributed by atoms with Gasteiger partial charge in [-0.1, -0.05) is 0 Å². The van der Waals surface area contributed by atoms with E-state index in [0.717, 1.165) is 0 Å². The first-order valence-corrected chi connectivity index (χ1v) is 6.87. The molecule has 0 saturated carbocycles. The van der Waals surface area contributed by atoms with E-state index in [1.807, 2.05) is 0 Å². The van der Waals surface area contributed by atoms with Gasteiger partial charge in [0.1, 0.15) is 17.5 Å². The zero-order chi connectivity index (χ0) is 15.9. The van der Waals surface area contributed by atoms with Gasteiger partial charge in [0.2, 0.25) is 0 Å². The molecule has 22 heavy (non-hydrogen) atoms. The van der Waals surface area contributed by atoms with E-state index in [4.69, 9.17) is 10.00 Å². The molecule has 1 aromatic carbocycles. The highest BCUT2D eigenvalue weighted by atomic mass is 16.5. The summed E-state index contributed by atoms with van der Waals surface area (Å²) in [5.74, 6) is 0.609. The van der Waals surface area contributed by atoms with Gasteiger partial charge >= 0.3 is 0 Å². The Hall–Kier alpha value is -2.65. The fourth-order valence-corrected chi connectivity index (χ4v) is 2.68. The molecule has 1 aliphatic rings. The second-order valence-corrected chi connectivity index (χ2v) is 5.81. The number of hydrogen-bond acceptors (Lipinski definition) is 5. The lowest BCUT2D eigenvalue weighted by Crippen LogP contribution is -2.50. The van der Waals surface area contributed by atoms with Crippen molar-refractivity contribution in [1.29, 1.82) is 5.26 Å². The molecule has 0 bridgehead atoms. The van der Waals surface area contributed by atoms with Gasteiger partial charge in [0.05, 0.1) is 24.0 Å². The molecule has 0 radical (unpaired) electrons. The zero-order valence-electron chi connectivity index (χ0n) is 12.2. The number of aliphatic hydroxyl groups is 1. The summed E-state index contributed by atoms with van der Waals surface area (Å²) in [6.45, 7) is 3.59. The Kier molecular flexibility index (Phi) is 3.23. The Morgan fingerprint density at radius 1 is 1.41 bits per heavy atom. The SMILES string of the molecule is CC1(C)Oc2ccc(C#N)cc2C(n2ccc(=O)nc2)C1O.